The van der Waals surface area contributed by atoms with E-state index in [4.69, 9.17) is 21.6 Å². The third-order valence-electron chi connectivity index (χ3n) is 3.84. The fourth-order valence-corrected chi connectivity index (χ4v) is 2.65. The molecule has 0 spiro atoms. The average molecular weight is 279 g/mol. The van der Waals surface area contributed by atoms with Crippen molar-refractivity contribution in [1.82, 2.24) is 9.55 Å². The van der Waals surface area contributed by atoms with Gasteiger partial charge in [-0.25, -0.2) is 4.79 Å². The summed E-state index contributed by atoms with van der Waals surface area (Å²) in [6.45, 7) is -0.389. The zero-order chi connectivity index (χ0) is 14.5. The summed E-state index contributed by atoms with van der Waals surface area (Å²) in [5, 5.41) is 19.9. The Morgan fingerprint density at radius 3 is 2.90 bits per heavy atom. The average Bonchev–Trinajstić information content (AvgIpc) is 2.56. The standard InChI is InChI=1S/C12H13N3O5/c1-2-12-8(17)9(20-11(12,5-16)6-19-12)15-4-3-7(13)14-10(15)18/h1,3-4,8-9,16-17H,5-6H2,(H2,13,14,18)/t8-,9+,11-,12-/m0/s1. The van der Waals surface area contributed by atoms with Crippen molar-refractivity contribution in [3.63, 3.8) is 0 Å². The van der Waals surface area contributed by atoms with Crippen LogP contribution in [0.4, 0.5) is 5.82 Å². The van der Waals surface area contributed by atoms with Gasteiger partial charge in [0.2, 0.25) is 0 Å². The smallest absolute Gasteiger partial charge is 0.351 e. The number of rotatable bonds is 2. The van der Waals surface area contributed by atoms with Crippen LogP contribution in [0.1, 0.15) is 6.23 Å². The fraction of sp³-hybridized carbons (Fsp3) is 0.500. The van der Waals surface area contributed by atoms with Crippen molar-refractivity contribution in [2.75, 3.05) is 18.9 Å². The molecule has 2 aliphatic rings. The highest BCUT2D eigenvalue weighted by Crippen LogP contribution is 2.52. The summed E-state index contributed by atoms with van der Waals surface area (Å²) in [5.74, 6) is 2.39. The molecule has 1 aromatic heterocycles. The summed E-state index contributed by atoms with van der Waals surface area (Å²) in [6.07, 6.45) is 4.36. The van der Waals surface area contributed by atoms with Crippen LogP contribution >= 0.6 is 0 Å². The van der Waals surface area contributed by atoms with Crippen LogP contribution in [0.25, 0.3) is 0 Å². The Morgan fingerprint density at radius 2 is 2.45 bits per heavy atom. The first-order valence-corrected chi connectivity index (χ1v) is 5.93. The Morgan fingerprint density at radius 1 is 1.70 bits per heavy atom. The molecule has 0 bridgehead atoms. The number of fused-ring (bicyclic) bond motifs is 1. The summed E-state index contributed by atoms with van der Waals surface area (Å²) in [4.78, 5) is 15.4. The van der Waals surface area contributed by atoms with Crippen molar-refractivity contribution in [2.24, 2.45) is 0 Å². The maximum absolute atomic E-state index is 11.8. The first kappa shape index (κ1) is 13.1. The maximum Gasteiger partial charge on any atom is 0.351 e. The number of aliphatic hydroxyl groups excluding tert-OH is 2. The van der Waals surface area contributed by atoms with E-state index in [1.54, 1.807) is 0 Å². The van der Waals surface area contributed by atoms with Gasteiger partial charge in [0.1, 0.15) is 11.9 Å². The molecule has 106 valence electrons. The highest BCUT2D eigenvalue weighted by atomic mass is 16.7. The van der Waals surface area contributed by atoms with Gasteiger partial charge in [-0.05, 0) is 6.07 Å². The lowest BCUT2D eigenvalue weighted by molar-refractivity contribution is -0.280. The van der Waals surface area contributed by atoms with Gasteiger partial charge in [-0.2, -0.15) is 4.98 Å². The number of ether oxygens (including phenoxy) is 2. The minimum Gasteiger partial charge on any atom is -0.393 e. The van der Waals surface area contributed by atoms with E-state index in [9.17, 15) is 15.0 Å². The highest BCUT2D eigenvalue weighted by Gasteiger charge is 2.73. The first-order valence-electron chi connectivity index (χ1n) is 5.93. The lowest BCUT2D eigenvalue weighted by Crippen LogP contribution is -2.71. The van der Waals surface area contributed by atoms with Gasteiger partial charge >= 0.3 is 5.69 Å². The van der Waals surface area contributed by atoms with E-state index in [-0.39, 0.29) is 12.4 Å². The summed E-state index contributed by atoms with van der Waals surface area (Å²) in [5.41, 5.74) is 2.04. The van der Waals surface area contributed by atoms with Gasteiger partial charge in [-0.1, -0.05) is 5.92 Å². The molecule has 0 radical (unpaired) electrons. The molecule has 4 N–H and O–H groups in total. The number of hydrogen-bond donors (Lipinski definition) is 3. The quantitative estimate of drug-likeness (QED) is 0.528. The Kier molecular flexibility index (Phi) is 2.64. The number of hydrogen-bond acceptors (Lipinski definition) is 7. The lowest BCUT2D eigenvalue weighted by atomic mass is 9.77. The van der Waals surface area contributed by atoms with E-state index in [2.05, 4.69) is 10.9 Å². The largest absolute Gasteiger partial charge is 0.393 e. The molecule has 0 aromatic carbocycles. The normalized spacial score (nSPS) is 38.9. The molecular formula is C12H13N3O5. The second kappa shape index (κ2) is 4.04. The first-order chi connectivity index (χ1) is 9.49. The Bertz CT molecular complexity index is 649. The SMILES string of the molecule is C#C[C@@]12OC[C@]1(CO)O[C@@H](n1ccc(N)nc1=O)[C@@H]2O. The third kappa shape index (κ3) is 1.35. The van der Waals surface area contributed by atoms with Crippen LogP contribution in [0.2, 0.25) is 0 Å². The predicted molar refractivity (Wildman–Crippen MR) is 66.4 cm³/mol. The van der Waals surface area contributed by atoms with Crippen LogP contribution in [-0.4, -0.2) is 50.3 Å². The van der Waals surface area contributed by atoms with Gasteiger partial charge in [0.05, 0.1) is 13.2 Å². The Hall–Kier alpha value is -1.92. The van der Waals surface area contributed by atoms with Crippen LogP contribution in [-0.2, 0) is 9.47 Å². The molecule has 4 atom stereocenters. The molecule has 3 rings (SSSR count). The van der Waals surface area contributed by atoms with Crippen LogP contribution < -0.4 is 11.4 Å². The van der Waals surface area contributed by atoms with E-state index in [1.807, 2.05) is 0 Å². The van der Waals surface area contributed by atoms with E-state index >= 15 is 0 Å². The zero-order valence-corrected chi connectivity index (χ0v) is 10.4. The molecule has 20 heavy (non-hydrogen) atoms. The van der Waals surface area contributed by atoms with E-state index in [0.29, 0.717) is 0 Å². The van der Waals surface area contributed by atoms with Gasteiger partial charge in [-0.3, -0.25) is 4.57 Å². The molecule has 8 nitrogen and oxygen atoms in total. The van der Waals surface area contributed by atoms with E-state index in [0.717, 1.165) is 4.57 Å². The van der Waals surface area contributed by atoms with Crippen LogP contribution in [0.3, 0.4) is 0 Å². The molecule has 1 aromatic rings. The van der Waals surface area contributed by atoms with Crippen molar-refractivity contribution in [3.8, 4) is 12.3 Å². The molecule has 3 heterocycles. The maximum atomic E-state index is 11.8. The number of aliphatic hydroxyl groups is 2. The minimum atomic E-state index is -1.47. The van der Waals surface area contributed by atoms with Crippen LogP contribution in [0.15, 0.2) is 17.1 Å². The number of terminal acetylenes is 1. The number of nitrogen functional groups attached to an aromatic ring is 1. The molecule has 2 saturated heterocycles. The molecule has 0 saturated carbocycles. The van der Waals surface area contributed by atoms with Gasteiger partial charge in [-0.15, -0.1) is 6.42 Å². The summed E-state index contributed by atoms with van der Waals surface area (Å²) in [6, 6.07) is 1.40. The number of nitrogens with zero attached hydrogens (tertiary/aromatic N) is 2. The highest BCUT2D eigenvalue weighted by molar-refractivity contribution is 5.32. The predicted octanol–water partition coefficient (Wildman–Crippen LogP) is -2.15. The lowest BCUT2D eigenvalue weighted by Gasteiger charge is -2.49. The molecule has 0 unspecified atom stereocenters. The van der Waals surface area contributed by atoms with Gasteiger partial charge in [0.25, 0.3) is 0 Å². The number of nitrogens with two attached hydrogens (primary N) is 1. The minimum absolute atomic E-state index is 0.0401. The molecule has 2 aliphatic heterocycles. The molecule has 8 heteroatoms. The fourth-order valence-electron chi connectivity index (χ4n) is 2.65. The number of aromatic nitrogens is 2. The zero-order valence-electron chi connectivity index (χ0n) is 10.4. The second-order valence-electron chi connectivity index (χ2n) is 4.82. The molecule has 2 fully saturated rings. The second-order valence-corrected chi connectivity index (χ2v) is 4.82. The van der Waals surface area contributed by atoms with Crippen molar-refractivity contribution in [2.45, 2.75) is 23.5 Å². The van der Waals surface area contributed by atoms with Crippen LogP contribution in [0, 0.1) is 12.3 Å². The van der Waals surface area contributed by atoms with Crippen LogP contribution in [0.5, 0.6) is 0 Å². The monoisotopic (exact) mass is 279 g/mol. The van der Waals surface area contributed by atoms with Crippen molar-refractivity contribution >= 4 is 5.82 Å². The third-order valence-corrected chi connectivity index (χ3v) is 3.84. The molecule has 0 amide bonds. The number of anilines is 1. The van der Waals surface area contributed by atoms with Gasteiger partial charge in [0.15, 0.2) is 17.4 Å². The van der Waals surface area contributed by atoms with Gasteiger partial charge < -0.3 is 25.4 Å². The Balaban J connectivity index is 2.06. The molecular weight excluding hydrogens is 266 g/mol. The van der Waals surface area contributed by atoms with Gasteiger partial charge in [0, 0.05) is 6.20 Å². The topological polar surface area (TPSA) is 120 Å². The van der Waals surface area contributed by atoms with E-state index in [1.165, 1.54) is 12.3 Å². The van der Waals surface area contributed by atoms with E-state index < -0.39 is 35.8 Å². The summed E-state index contributed by atoms with van der Waals surface area (Å²) < 4.78 is 12.0. The van der Waals surface area contributed by atoms with Crippen molar-refractivity contribution in [3.05, 3.63) is 22.7 Å². The molecule has 0 aliphatic carbocycles. The van der Waals surface area contributed by atoms with Crippen molar-refractivity contribution < 1.29 is 19.7 Å². The summed E-state index contributed by atoms with van der Waals surface area (Å²) in [7, 11) is 0. The van der Waals surface area contributed by atoms with Crippen molar-refractivity contribution in [1.29, 1.82) is 0 Å². The Labute approximate surface area is 113 Å². The summed E-state index contributed by atoms with van der Waals surface area (Å²) >= 11 is 0.